The van der Waals surface area contributed by atoms with E-state index in [2.05, 4.69) is 30.2 Å². The molecule has 7 rings (SSSR count). The first-order chi connectivity index (χ1) is 22.8. The number of ether oxygens (including phenoxy) is 2. The molecule has 2 aromatic rings. The summed E-state index contributed by atoms with van der Waals surface area (Å²) in [5.74, 6) is 1.46. The lowest BCUT2D eigenvalue weighted by Crippen LogP contribution is -2.77. The van der Waals surface area contributed by atoms with E-state index in [0.717, 1.165) is 57.2 Å². The van der Waals surface area contributed by atoms with Crippen molar-refractivity contribution >= 4 is 11.9 Å². The van der Waals surface area contributed by atoms with E-state index in [1.54, 1.807) is 0 Å². The second-order valence-corrected chi connectivity index (χ2v) is 15.2. The molecule has 1 spiro atoms. The third kappa shape index (κ3) is 5.92. The number of nitrogens with zero attached hydrogens (tertiary/aromatic N) is 1. The molecule has 3 fully saturated rings. The molecule has 2 bridgehead atoms. The van der Waals surface area contributed by atoms with E-state index in [0.29, 0.717) is 41.6 Å². The number of hydrogen-bond acceptors (Lipinski definition) is 5. The summed E-state index contributed by atoms with van der Waals surface area (Å²) in [5.41, 5.74) is 7.19. The molecule has 7 heteroatoms. The van der Waals surface area contributed by atoms with Gasteiger partial charge in [0.15, 0.2) is 11.5 Å². The quantitative estimate of drug-likeness (QED) is 0.116. The normalized spacial score (nSPS) is 30.4. The van der Waals surface area contributed by atoms with E-state index in [9.17, 15) is 14.7 Å². The monoisotopic (exact) mass is 641 g/mol. The minimum absolute atomic E-state index is 0.0263. The molecule has 3 unspecified atom stereocenters. The second kappa shape index (κ2) is 13.4. The van der Waals surface area contributed by atoms with Gasteiger partial charge < -0.3 is 14.6 Å². The lowest BCUT2D eigenvalue weighted by molar-refractivity contribution is -0.989. The molecule has 1 amide bonds. The second-order valence-electron chi connectivity index (χ2n) is 15.2. The van der Waals surface area contributed by atoms with Crippen LogP contribution in [-0.4, -0.2) is 52.9 Å². The summed E-state index contributed by atoms with van der Waals surface area (Å²) in [7, 11) is 0. The largest absolute Gasteiger partial charge is 0.485 e. The minimum Gasteiger partial charge on any atom is -0.485 e. The summed E-state index contributed by atoms with van der Waals surface area (Å²) in [5, 5.41) is 11.7. The van der Waals surface area contributed by atoms with Gasteiger partial charge in [0.25, 0.3) is 5.91 Å². The van der Waals surface area contributed by atoms with Crippen molar-refractivity contribution in [2.24, 2.45) is 17.8 Å². The smallest absolute Gasteiger partial charge is 0.308 e. The van der Waals surface area contributed by atoms with Crippen molar-refractivity contribution in [2.75, 3.05) is 13.1 Å². The summed E-state index contributed by atoms with van der Waals surface area (Å²) >= 11 is 0. The lowest BCUT2D eigenvalue weighted by Gasteiger charge is -2.60. The predicted octanol–water partition coefficient (Wildman–Crippen LogP) is 6.74. The number of piperidine rings is 1. The third-order valence-electron chi connectivity index (χ3n) is 12.6. The van der Waals surface area contributed by atoms with Crippen molar-refractivity contribution in [2.45, 2.75) is 120 Å². The molecule has 7 nitrogen and oxygen atoms in total. The number of aliphatic hydroxyl groups is 1. The van der Waals surface area contributed by atoms with Crippen molar-refractivity contribution in [1.82, 2.24) is 5.43 Å². The van der Waals surface area contributed by atoms with E-state index in [-0.39, 0.29) is 29.4 Å². The van der Waals surface area contributed by atoms with Gasteiger partial charge in [-0.25, -0.2) is 10.0 Å². The van der Waals surface area contributed by atoms with Crippen LogP contribution in [0.2, 0.25) is 0 Å². The van der Waals surface area contributed by atoms with Crippen molar-refractivity contribution in [1.29, 1.82) is 0 Å². The number of amides is 1. The predicted molar refractivity (Wildman–Crippen MR) is 182 cm³/mol. The molecule has 5 aliphatic rings. The Morgan fingerprint density at radius 1 is 1.09 bits per heavy atom. The Morgan fingerprint density at radius 2 is 1.89 bits per heavy atom. The Hall–Kier alpha value is -3.16. The number of nitrogens with one attached hydrogen (secondary N) is 1. The van der Waals surface area contributed by atoms with Crippen LogP contribution in [0.4, 0.5) is 0 Å². The number of carbonyl (C=O) groups is 2. The van der Waals surface area contributed by atoms with Crippen LogP contribution in [0.1, 0.15) is 101 Å². The number of carbonyl (C=O) groups excluding carboxylic acids is 2. The number of benzene rings is 2. The first-order valence-electron chi connectivity index (χ1n) is 18.4. The van der Waals surface area contributed by atoms with Gasteiger partial charge >= 0.3 is 5.97 Å². The fourth-order valence-corrected chi connectivity index (χ4v) is 10.5. The van der Waals surface area contributed by atoms with Gasteiger partial charge in [-0.1, -0.05) is 75.1 Å². The van der Waals surface area contributed by atoms with E-state index in [4.69, 9.17) is 9.47 Å². The number of esters is 1. The van der Waals surface area contributed by atoms with Crippen LogP contribution in [0.15, 0.2) is 55.1 Å². The van der Waals surface area contributed by atoms with Crippen molar-refractivity contribution < 1.29 is 28.8 Å². The van der Waals surface area contributed by atoms with Crippen LogP contribution >= 0.6 is 0 Å². The summed E-state index contributed by atoms with van der Waals surface area (Å²) in [6, 6.07) is 14.5. The van der Waals surface area contributed by atoms with Crippen molar-refractivity contribution in [3.63, 3.8) is 0 Å². The lowest BCUT2D eigenvalue weighted by atomic mass is 9.51. The number of quaternary nitrogens is 1. The molecule has 2 aliphatic heterocycles. The maximum atomic E-state index is 14.6. The highest BCUT2D eigenvalue weighted by Crippen LogP contribution is 2.64. The van der Waals surface area contributed by atoms with Gasteiger partial charge in [0.1, 0.15) is 25.2 Å². The molecule has 2 saturated carbocycles. The molecule has 7 atom stereocenters. The van der Waals surface area contributed by atoms with E-state index in [1.807, 2.05) is 30.3 Å². The standard InChI is InChI=1S/C40H52N2O5/c1-3-24-42(41-39(45)31(20-17-28-11-6-4-7-12-28)34(44)21-18-29-13-8-5-9-14-29)25-23-40-32-15-10-16-36(40)47-38-35(46-27(2)43)22-19-30(37(38)40)26-33(32)42/h3-4,6-7,11-12,19,22,29,31-34,36,44H,1,5,8-10,13-18,20-21,23-26H2,2H3/p+1/t31?,32-,33+,34?,36-,40+,42?/m0/s1. The Labute approximate surface area is 280 Å². The van der Waals surface area contributed by atoms with Crippen LogP contribution in [0.3, 0.4) is 0 Å². The number of aliphatic hydroxyl groups excluding tert-OH is 1. The van der Waals surface area contributed by atoms with E-state index >= 15 is 0 Å². The summed E-state index contributed by atoms with van der Waals surface area (Å²) < 4.78 is 12.8. The molecule has 1 saturated heterocycles. The van der Waals surface area contributed by atoms with Crippen LogP contribution in [0.5, 0.6) is 11.5 Å². The number of hydrogen-bond donors (Lipinski definition) is 2. The number of aryl methyl sites for hydroxylation is 1. The highest BCUT2D eigenvalue weighted by atomic mass is 16.6. The molecule has 47 heavy (non-hydrogen) atoms. The van der Waals surface area contributed by atoms with Crippen LogP contribution in [0, 0.1) is 17.8 Å². The van der Waals surface area contributed by atoms with Gasteiger partial charge in [0.05, 0.1) is 17.4 Å². The number of likely N-dealkylation sites (tertiary alicyclic amines) is 1. The van der Waals surface area contributed by atoms with Crippen molar-refractivity contribution in [3.05, 3.63) is 71.8 Å². The Kier molecular flexibility index (Phi) is 9.23. The molecule has 3 aliphatic carbocycles. The topological polar surface area (TPSA) is 84.9 Å². The zero-order valence-corrected chi connectivity index (χ0v) is 28.1. The Balaban J connectivity index is 1.17. The maximum Gasteiger partial charge on any atom is 0.308 e. The Morgan fingerprint density at radius 3 is 2.66 bits per heavy atom. The summed E-state index contributed by atoms with van der Waals surface area (Å²) in [6.45, 7) is 7.03. The summed E-state index contributed by atoms with van der Waals surface area (Å²) in [6.07, 6.45) is 15.6. The Bertz CT molecular complexity index is 1470. The first-order valence-corrected chi connectivity index (χ1v) is 18.4. The highest BCUT2D eigenvalue weighted by molar-refractivity contribution is 5.78. The van der Waals surface area contributed by atoms with Crippen LogP contribution < -0.4 is 14.9 Å². The average Bonchev–Trinajstić information content (AvgIpc) is 3.42. The minimum atomic E-state index is -0.669. The molecule has 0 aromatic heterocycles. The van der Waals surface area contributed by atoms with Gasteiger partial charge in [0, 0.05) is 31.2 Å². The van der Waals surface area contributed by atoms with Gasteiger partial charge in [-0.3, -0.25) is 9.59 Å². The third-order valence-corrected chi connectivity index (χ3v) is 12.6. The molecule has 252 valence electrons. The van der Waals surface area contributed by atoms with E-state index in [1.165, 1.54) is 55.7 Å². The SMILES string of the molecule is C=CC[N+]1(NC(=O)C(CCc2ccccc2)C(O)CCC2CCCCC2)CC[C@]23c4c5ccc(OC(C)=O)c4O[C@H]2CCC[C@H]3[C@H]1C5. The van der Waals surface area contributed by atoms with Gasteiger partial charge in [-0.15, -0.1) is 0 Å². The van der Waals surface area contributed by atoms with E-state index < -0.39 is 12.0 Å². The zero-order chi connectivity index (χ0) is 32.6. The molecule has 2 heterocycles. The van der Waals surface area contributed by atoms with Gasteiger partial charge in [-0.2, -0.15) is 0 Å². The molecular weight excluding hydrogens is 588 g/mol. The van der Waals surface area contributed by atoms with Gasteiger partial charge in [-0.05, 0) is 74.1 Å². The molecule has 2 aromatic carbocycles. The average molecular weight is 642 g/mol. The van der Waals surface area contributed by atoms with Crippen LogP contribution in [0.25, 0.3) is 0 Å². The maximum absolute atomic E-state index is 14.6. The number of rotatable bonds is 12. The van der Waals surface area contributed by atoms with Crippen LogP contribution in [-0.2, 0) is 27.8 Å². The summed E-state index contributed by atoms with van der Waals surface area (Å²) in [4.78, 5) is 26.6. The molecular formula is C40H53N2O5+. The van der Waals surface area contributed by atoms with Crippen molar-refractivity contribution in [3.8, 4) is 11.5 Å². The zero-order valence-electron chi connectivity index (χ0n) is 28.1. The van der Waals surface area contributed by atoms with Gasteiger partial charge in [0.2, 0.25) is 0 Å². The fraction of sp³-hybridized carbons (Fsp3) is 0.600. The fourth-order valence-electron chi connectivity index (χ4n) is 10.5. The molecule has 0 radical (unpaired) electrons. The first kappa shape index (κ1) is 32.4. The highest BCUT2D eigenvalue weighted by Gasteiger charge is 2.68. The molecule has 2 N–H and O–H groups in total.